The zero-order chi connectivity index (χ0) is 11.6. The molecule has 1 rings (SSSR count). The Hall–Kier alpha value is -1.27. The molecule has 0 aliphatic heterocycles. The van der Waals surface area contributed by atoms with E-state index in [4.69, 9.17) is 6.42 Å². The minimum Gasteiger partial charge on any atom is -0.311 e. The third-order valence-electron chi connectivity index (χ3n) is 2.47. The van der Waals surface area contributed by atoms with E-state index in [1.54, 1.807) is 0 Å². The lowest BCUT2D eigenvalue weighted by Crippen LogP contribution is -2.18. The first-order chi connectivity index (χ1) is 7.88. The van der Waals surface area contributed by atoms with Gasteiger partial charge in [0.15, 0.2) is 0 Å². The van der Waals surface area contributed by atoms with Crippen molar-refractivity contribution in [3.8, 4) is 12.3 Å². The molecular weight excluding hydrogens is 198 g/mol. The number of unbranched alkanes of at least 4 members (excludes halogenated alkanes) is 2. The second-order valence-electron chi connectivity index (χ2n) is 3.88. The highest BCUT2D eigenvalue weighted by atomic mass is 15.3. The average molecular weight is 219 g/mol. The average Bonchev–Trinajstić information content (AvgIpc) is 2.72. The minimum atomic E-state index is 0.884. The van der Waals surface area contributed by atoms with Crippen LogP contribution in [0.4, 0.5) is 0 Å². The van der Waals surface area contributed by atoms with Gasteiger partial charge in [0.1, 0.15) is 0 Å². The van der Waals surface area contributed by atoms with Crippen LogP contribution in [0, 0.1) is 12.3 Å². The van der Waals surface area contributed by atoms with E-state index in [0.717, 1.165) is 45.3 Å². The molecule has 0 atom stereocenters. The Bertz CT molecular complexity index is 322. The smallest absolute Gasteiger partial charge is 0.0522 e. The molecule has 0 aromatic carbocycles. The van der Waals surface area contributed by atoms with E-state index in [-0.39, 0.29) is 0 Å². The second-order valence-corrected chi connectivity index (χ2v) is 3.88. The Morgan fingerprint density at radius 2 is 2.38 bits per heavy atom. The van der Waals surface area contributed by atoms with E-state index in [0.29, 0.717) is 0 Å². The molecule has 0 aliphatic carbocycles. The van der Waals surface area contributed by atoms with Gasteiger partial charge in [0.25, 0.3) is 0 Å². The summed E-state index contributed by atoms with van der Waals surface area (Å²) >= 11 is 0. The number of nitrogens with zero attached hydrogens (tertiary/aromatic N) is 2. The third kappa shape index (κ3) is 4.50. The number of hydrogen-bond donors (Lipinski definition) is 1. The molecule has 3 nitrogen and oxygen atoms in total. The summed E-state index contributed by atoms with van der Waals surface area (Å²) in [5, 5.41) is 7.70. The van der Waals surface area contributed by atoms with Crippen LogP contribution in [0.15, 0.2) is 12.3 Å². The summed E-state index contributed by atoms with van der Waals surface area (Å²) < 4.78 is 2.06. The molecule has 1 aromatic heterocycles. The van der Waals surface area contributed by atoms with Crippen molar-refractivity contribution in [3.63, 3.8) is 0 Å². The fourth-order valence-electron chi connectivity index (χ4n) is 1.62. The van der Waals surface area contributed by atoms with E-state index in [9.17, 15) is 0 Å². The Kier molecular flexibility index (Phi) is 6.36. The highest BCUT2D eigenvalue weighted by molar-refractivity contribution is 4.99. The maximum Gasteiger partial charge on any atom is 0.0522 e. The van der Waals surface area contributed by atoms with Crippen molar-refractivity contribution in [1.29, 1.82) is 0 Å². The molecular formula is C13H21N3. The molecule has 0 fully saturated rings. The summed E-state index contributed by atoms with van der Waals surface area (Å²) in [6.07, 6.45) is 11.3. The summed E-state index contributed by atoms with van der Waals surface area (Å²) in [5.74, 6) is 2.66. The van der Waals surface area contributed by atoms with Gasteiger partial charge in [0.2, 0.25) is 0 Å². The van der Waals surface area contributed by atoms with Crippen LogP contribution in [0.3, 0.4) is 0 Å². The Balaban J connectivity index is 2.16. The molecule has 88 valence electrons. The largest absolute Gasteiger partial charge is 0.311 e. The van der Waals surface area contributed by atoms with Crippen LogP contribution in [-0.2, 0) is 13.1 Å². The maximum atomic E-state index is 5.19. The van der Waals surface area contributed by atoms with Gasteiger partial charge in [-0.25, -0.2) is 0 Å². The van der Waals surface area contributed by atoms with Gasteiger partial charge in [-0.05, 0) is 31.9 Å². The first-order valence-corrected chi connectivity index (χ1v) is 6.03. The fraction of sp³-hybridized carbons (Fsp3) is 0.615. The zero-order valence-corrected chi connectivity index (χ0v) is 10.1. The third-order valence-corrected chi connectivity index (χ3v) is 2.47. The predicted molar refractivity (Wildman–Crippen MR) is 66.9 cm³/mol. The van der Waals surface area contributed by atoms with E-state index in [1.165, 1.54) is 5.69 Å². The van der Waals surface area contributed by atoms with E-state index < -0.39 is 0 Å². The number of aromatic nitrogens is 2. The molecule has 0 saturated carbocycles. The highest BCUT2D eigenvalue weighted by Gasteiger charge is 1.99. The highest BCUT2D eigenvalue weighted by Crippen LogP contribution is 2.00. The summed E-state index contributed by atoms with van der Waals surface area (Å²) in [6, 6.07) is 2.07. The SMILES string of the molecule is C#CCCCCNCc1ccnn1CCC. The fourth-order valence-corrected chi connectivity index (χ4v) is 1.62. The first kappa shape index (κ1) is 12.8. The van der Waals surface area contributed by atoms with Crippen molar-refractivity contribution in [1.82, 2.24) is 15.1 Å². The second kappa shape index (κ2) is 7.95. The van der Waals surface area contributed by atoms with Crippen molar-refractivity contribution in [2.45, 2.75) is 45.7 Å². The van der Waals surface area contributed by atoms with E-state index >= 15 is 0 Å². The van der Waals surface area contributed by atoms with Crippen LogP contribution in [0.25, 0.3) is 0 Å². The molecule has 16 heavy (non-hydrogen) atoms. The number of rotatable bonds is 8. The monoisotopic (exact) mass is 219 g/mol. The van der Waals surface area contributed by atoms with Crippen molar-refractivity contribution in [3.05, 3.63) is 18.0 Å². The molecule has 0 amide bonds. The maximum absolute atomic E-state index is 5.19. The number of nitrogens with one attached hydrogen (secondary N) is 1. The van der Waals surface area contributed by atoms with Crippen molar-refractivity contribution in [2.24, 2.45) is 0 Å². The molecule has 0 unspecified atom stereocenters. The standard InChI is InChI=1S/C13H21N3/c1-3-5-6-7-9-14-12-13-8-10-15-16(13)11-4-2/h1,8,10,14H,4-7,9,11-12H2,2H3. The molecule has 1 N–H and O–H groups in total. The van der Waals surface area contributed by atoms with Gasteiger partial charge in [-0.3, -0.25) is 4.68 Å². The van der Waals surface area contributed by atoms with Gasteiger partial charge in [-0.15, -0.1) is 12.3 Å². The molecule has 0 bridgehead atoms. The van der Waals surface area contributed by atoms with Crippen molar-refractivity contribution < 1.29 is 0 Å². The van der Waals surface area contributed by atoms with Crippen LogP contribution < -0.4 is 5.32 Å². The van der Waals surface area contributed by atoms with E-state index in [2.05, 4.69) is 34.0 Å². The van der Waals surface area contributed by atoms with Gasteiger partial charge < -0.3 is 5.32 Å². The quantitative estimate of drug-likeness (QED) is 0.536. The molecule has 0 spiro atoms. The van der Waals surface area contributed by atoms with Gasteiger partial charge in [-0.1, -0.05) is 6.92 Å². The van der Waals surface area contributed by atoms with Gasteiger partial charge >= 0.3 is 0 Å². The number of hydrogen-bond acceptors (Lipinski definition) is 2. The molecule has 0 aliphatic rings. The van der Waals surface area contributed by atoms with E-state index in [1.807, 2.05) is 6.20 Å². The molecule has 0 saturated heterocycles. The van der Waals surface area contributed by atoms with Gasteiger partial charge in [-0.2, -0.15) is 5.10 Å². The molecule has 1 heterocycles. The van der Waals surface area contributed by atoms with Crippen LogP contribution in [0.5, 0.6) is 0 Å². The lowest BCUT2D eigenvalue weighted by atomic mass is 10.2. The Labute approximate surface area is 98.2 Å². The lowest BCUT2D eigenvalue weighted by molar-refractivity contribution is 0.543. The van der Waals surface area contributed by atoms with Crippen molar-refractivity contribution >= 4 is 0 Å². The molecule has 0 radical (unpaired) electrons. The van der Waals surface area contributed by atoms with Gasteiger partial charge in [0.05, 0.1) is 5.69 Å². The predicted octanol–water partition coefficient (Wildman–Crippen LogP) is 2.19. The Morgan fingerprint density at radius 3 is 3.12 bits per heavy atom. The van der Waals surface area contributed by atoms with Crippen LogP contribution >= 0.6 is 0 Å². The van der Waals surface area contributed by atoms with Crippen LogP contribution in [-0.4, -0.2) is 16.3 Å². The molecule has 1 aromatic rings. The summed E-state index contributed by atoms with van der Waals surface area (Å²) in [5.41, 5.74) is 1.26. The zero-order valence-electron chi connectivity index (χ0n) is 10.1. The number of terminal acetylenes is 1. The van der Waals surface area contributed by atoms with Crippen LogP contribution in [0.1, 0.15) is 38.3 Å². The summed E-state index contributed by atoms with van der Waals surface area (Å²) in [7, 11) is 0. The summed E-state index contributed by atoms with van der Waals surface area (Å²) in [4.78, 5) is 0. The van der Waals surface area contributed by atoms with Crippen LogP contribution in [0.2, 0.25) is 0 Å². The van der Waals surface area contributed by atoms with Gasteiger partial charge in [0, 0.05) is 25.7 Å². The van der Waals surface area contributed by atoms with Crippen molar-refractivity contribution in [2.75, 3.05) is 6.54 Å². The minimum absolute atomic E-state index is 0.884. The molecule has 3 heteroatoms. The first-order valence-electron chi connectivity index (χ1n) is 6.03. The normalized spacial score (nSPS) is 10.2. The lowest BCUT2D eigenvalue weighted by Gasteiger charge is -2.07. The topological polar surface area (TPSA) is 29.9 Å². The number of aryl methyl sites for hydroxylation is 1. The summed E-state index contributed by atoms with van der Waals surface area (Å²) in [6.45, 7) is 5.09. The Morgan fingerprint density at radius 1 is 1.50 bits per heavy atom.